The second kappa shape index (κ2) is 8.63. The lowest BCUT2D eigenvalue weighted by molar-refractivity contribution is -0.115. The van der Waals surface area contributed by atoms with E-state index in [4.69, 9.17) is 27.6 Å². The fourth-order valence-corrected chi connectivity index (χ4v) is 4.00. The highest BCUT2D eigenvalue weighted by Crippen LogP contribution is 2.32. The van der Waals surface area contributed by atoms with Crippen molar-refractivity contribution in [3.63, 3.8) is 0 Å². The van der Waals surface area contributed by atoms with Crippen molar-refractivity contribution in [3.8, 4) is 11.3 Å². The zero-order valence-electron chi connectivity index (χ0n) is 16.0. The largest absolute Gasteiger partial charge is 0.478 e. The van der Waals surface area contributed by atoms with Gasteiger partial charge in [-0.2, -0.15) is 0 Å². The van der Waals surface area contributed by atoms with E-state index in [-0.39, 0.29) is 16.5 Å². The molecule has 2 N–H and O–H groups in total. The number of aliphatic imine (C=N–C) groups is 1. The van der Waals surface area contributed by atoms with Gasteiger partial charge in [-0.3, -0.25) is 4.79 Å². The second-order valence-electron chi connectivity index (χ2n) is 6.62. The zero-order chi connectivity index (χ0) is 22.1. The van der Waals surface area contributed by atoms with Gasteiger partial charge in [0.2, 0.25) is 0 Å². The molecule has 0 bridgehead atoms. The van der Waals surface area contributed by atoms with Gasteiger partial charge in [-0.1, -0.05) is 29.3 Å². The minimum Gasteiger partial charge on any atom is -0.478 e. The van der Waals surface area contributed by atoms with Crippen molar-refractivity contribution < 1.29 is 19.1 Å². The highest BCUT2D eigenvalue weighted by atomic mass is 35.5. The zero-order valence-corrected chi connectivity index (χ0v) is 18.3. The molecule has 0 atom stereocenters. The van der Waals surface area contributed by atoms with E-state index in [9.17, 15) is 14.7 Å². The van der Waals surface area contributed by atoms with Crippen LogP contribution in [-0.2, 0) is 4.79 Å². The number of amides is 1. The molecule has 1 fully saturated rings. The van der Waals surface area contributed by atoms with Gasteiger partial charge in [0.1, 0.15) is 11.5 Å². The number of rotatable bonds is 4. The van der Waals surface area contributed by atoms with Crippen molar-refractivity contribution in [1.82, 2.24) is 5.32 Å². The summed E-state index contributed by atoms with van der Waals surface area (Å²) in [5.74, 6) is -0.516. The molecule has 6 nitrogen and oxygen atoms in total. The number of furan rings is 1. The molecule has 1 saturated heterocycles. The molecule has 1 aliphatic rings. The first-order valence-corrected chi connectivity index (χ1v) is 10.6. The Hall–Kier alpha value is -3.00. The summed E-state index contributed by atoms with van der Waals surface area (Å²) in [6, 6.07) is 13.4. The van der Waals surface area contributed by atoms with Crippen LogP contribution in [0.4, 0.5) is 5.69 Å². The summed E-state index contributed by atoms with van der Waals surface area (Å²) in [5, 5.41) is 13.1. The Morgan fingerprint density at radius 2 is 1.94 bits per heavy atom. The van der Waals surface area contributed by atoms with E-state index in [2.05, 4.69) is 10.3 Å². The number of hydrogen-bond donors (Lipinski definition) is 2. The molecule has 0 unspecified atom stereocenters. The van der Waals surface area contributed by atoms with Crippen molar-refractivity contribution in [2.45, 2.75) is 6.92 Å². The van der Waals surface area contributed by atoms with Crippen LogP contribution in [0.15, 0.2) is 62.8 Å². The Morgan fingerprint density at radius 3 is 2.68 bits per heavy atom. The van der Waals surface area contributed by atoms with Gasteiger partial charge in [0.15, 0.2) is 5.17 Å². The number of carbonyl (C=O) groups is 2. The molecule has 3 aromatic rings. The van der Waals surface area contributed by atoms with Crippen LogP contribution in [0.5, 0.6) is 0 Å². The predicted octanol–water partition coefficient (Wildman–Crippen LogP) is 6.15. The molecule has 31 heavy (non-hydrogen) atoms. The molecular weight excluding hydrogens is 459 g/mol. The standard InChI is InChI=1S/C22H14Cl2N2O4S/c1-11-2-4-13(9-17(11)24)25-22-26-20(27)19(31-22)10-14-5-7-18(30-14)12-3-6-16(23)15(8-12)21(28)29/h2-10H,1H3,(H,28,29)(H,25,26,27)/b19-10+. The van der Waals surface area contributed by atoms with Gasteiger partial charge in [0, 0.05) is 16.7 Å². The van der Waals surface area contributed by atoms with E-state index in [0.717, 1.165) is 5.56 Å². The minimum absolute atomic E-state index is 0.0155. The molecule has 0 spiro atoms. The molecule has 156 valence electrons. The van der Waals surface area contributed by atoms with Gasteiger partial charge in [-0.05, 0) is 66.7 Å². The van der Waals surface area contributed by atoms with E-state index >= 15 is 0 Å². The van der Waals surface area contributed by atoms with E-state index in [1.165, 1.54) is 23.9 Å². The highest BCUT2D eigenvalue weighted by Gasteiger charge is 2.24. The van der Waals surface area contributed by atoms with Crippen LogP contribution in [0.1, 0.15) is 21.7 Å². The van der Waals surface area contributed by atoms with Gasteiger partial charge < -0.3 is 14.8 Å². The van der Waals surface area contributed by atoms with Crippen LogP contribution in [0, 0.1) is 6.92 Å². The molecule has 1 amide bonds. The number of carboxylic acids is 1. The van der Waals surface area contributed by atoms with Crippen molar-refractivity contribution in [2.24, 2.45) is 4.99 Å². The molecule has 0 aliphatic carbocycles. The topological polar surface area (TPSA) is 91.9 Å². The molecule has 9 heteroatoms. The summed E-state index contributed by atoms with van der Waals surface area (Å²) < 4.78 is 5.77. The Bertz CT molecular complexity index is 1280. The maximum Gasteiger partial charge on any atom is 0.337 e. The first-order chi connectivity index (χ1) is 14.8. The van der Waals surface area contributed by atoms with Crippen LogP contribution < -0.4 is 5.32 Å². The maximum atomic E-state index is 12.3. The van der Waals surface area contributed by atoms with Crippen LogP contribution in [0.25, 0.3) is 17.4 Å². The summed E-state index contributed by atoms with van der Waals surface area (Å²) >= 11 is 13.2. The Morgan fingerprint density at radius 1 is 1.13 bits per heavy atom. The summed E-state index contributed by atoms with van der Waals surface area (Å²) in [4.78, 5) is 28.4. The summed E-state index contributed by atoms with van der Waals surface area (Å²) in [5.41, 5.74) is 2.13. The third-order valence-electron chi connectivity index (χ3n) is 4.42. The number of thioether (sulfide) groups is 1. The number of nitrogens with one attached hydrogen (secondary N) is 1. The van der Waals surface area contributed by atoms with Gasteiger partial charge in [0.05, 0.1) is 21.2 Å². The quantitative estimate of drug-likeness (QED) is 0.444. The molecule has 4 rings (SSSR count). The number of amidine groups is 1. The van der Waals surface area contributed by atoms with E-state index in [1.54, 1.807) is 30.3 Å². The SMILES string of the molecule is Cc1ccc(N=C2NC(=O)/C(=C\c3ccc(-c4ccc(Cl)c(C(=O)O)c4)o3)S2)cc1Cl. The van der Waals surface area contributed by atoms with Crippen molar-refractivity contribution in [3.05, 3.63) is 80.4 Å². The number of carboxylic acid groups (broad SMARTS) is 1. The van der Waals surface area contributed by atoms with Gasteiger partial charge in [-0.25, -0.2) is 9.79 Å². The predicted molar refractivity (Wildman–Crippen MR) is 123 cm³/mol. The maximum absolute atomic E-state index is 12.3. The number of benzene rings is 2. The number of aryl methyl sites for hydroxylation is 1. The lowest BCUT2D eigenvalue weighted by Gasteiger charge is -2.02. The summed E-state index contributed by atoms with van der Waals surface area (Å²) in [6.45, 7) is 1.90. The van der Waals surface area contributed by atoms with Crippen molar-refractivity contribution in [1.29, 1.82) is 0 Å². The first-order valence-electron chi connectivity index (χ1n) is 8.99. The molecule has 1 aromatic heterocycles. The van der Waals surface area contributed by atoms with Gasteiger partial charge in [-0.15, -0.1) is 0 Å². The summed E-state index contributed by atoms with van der Waals surface area (Å²) in [7, 11) is 0. The average Bonchev–Trinajstić information content (AvgIpc) is 3.32. The Labute approximate surface area is 191 Å². The third-order valence-corrected chi connectivity index (χ3v) is 6.07. The lowest BCUT2D eigenvalue weighted by atomic mass is 10.1. The Kier molecular flexibility index (Phi) is 5.91. The molecule has 2 heterocycles. The van der Waals surface area contributed by atoms with Crippen molar-refractivity contribution in [2.75, 3.05) is 0 Å². The number of halogens is 2. The van der Waals surface area contributed by atoms with Crippen LogP contribution >= 0.6 is 35.0 Å². The molecular formula is C22H14Cl2N2O4S. The molecule has 1 aliphatic heterocycles. The normalized spacial score (nSPS) is 16.2. The minimum atomic E-state index is -1.12. The van der Waals surface area contributed by atoms with Crippen LogP contribution in [0.2, 0.25) is 10.0 Å². The van der Waals surface area contributed by atoms with Crippen molar-refractivity contribution >= 4 is 63.8 Å². The van der Waals surface area contributed by atoms with Gasteiger partial charge >= 0.3 is 5.97 Å². The van der Waals surface area contributed by atoms with E-state index in [0.29, 0.717) is 37.9 Å². The van der Waals surface area contributed by atoms with Crippen LogP contribution in [0.3, 0.4) is 0 Å². The van der Waals surface area contributed by atoms with Gasteiger partial charge in [0.25, 0.3) is 5.91 Å². The first kappa shape index (κ1) is 21.2. The number of nitrogens with zero attached hydrogens (tertiary/aromatic N) is 1. The smallest absolute Gasteiger partial charge is 0.337 e. The number of carbonyl (C=O) groups excluding carboxylic acids is 1. The molecule has 0 saturated carbocycles. The number of hydrogen-bond acceptors (Lipinski definition) is 5. The molecule has 2 aromatic carbocycles. The third kappa shape index (κ3) is 4.69. The average molecular weight is 473 g/mol. The Balaban J connectivity index is 1.56. The van der Waals surface area contributed by atoms with Crippen LogP contribution in [-0.4, -0.2) is 22.2 Å². The monoisotopic (exact) mass is 472 g/mol. The van der Waals surface area contributed by atoms with E-state index < -0.39 is 5.97 Å². The lowest BCUT2D eigenvalue weighted by Crippen LogP contribution is -2.19. The van der Waals surface area contributed by atoms with E-state index in [1.807, 2.05) is 19.1 Å². The fraction of sp³-hybridized carbons (Fsp3) is 0.0455. The molecule has 0 radical (unpaired) electrons. The summed E-state index contributed by atoms with van der Waals surface area (Å²) in [6.07, 6.45) is 1.60. The number of aromatic carboxylic acids is 1. The second-order valence-corrected chi connectivity index (χ2v) is 8.46. The fourth-order valence-electron chi connectivity index (χ4n) is 2.81. The highest BCUT2D eigenvalue weighted by molar-refractivity contribution is 8.18.